The van der Waals surface area contributed by atoms with Gasteiger partial charge in [-0.3, -0.25) is 9.80 Å². The van der Waals surface area contributed by atoms with Crippen LogP contribution in [0.2, 0.25) is 0 Å². The van der Waals surface area contributed by atoms with Crippen molar-refractivity contribution < 1.29 is 19.8 Å². The number of rotatable bonds is 4. The number of carboxylic acid groups (broad SMARTS) is 2. The zero-order chi connectivity index (χ0) is 26.0. The van der Waals surface area contributed by atoms with E-state index in [4.69, 9.17) is 0 Å². The minimum atomic E-state index is -1.33. The molecule has 0 amide bonds. The van der Waals surface area contributed by atoms with Crippen molar-refractivity contribution in [3.8, 4) is 0 Å². The molecule has 3 rings (SSSR count). The molecule has 0 saturated carbocycles. The molecule has 6 heteroatoms. The second-order valence-corrected chi connectivity index (χ2v) is 13.1. The van der Waals surface area contributed by atoms with Gasteiger partial charge in [0.2, 0.25) is 0 Å². The van der Waals surface area contributed by atoms with Crippen LogP contribution in [-0.2, 0) is 0 Å². The highest BCUT2D eigenvalue weighted by atomic mass is 16.4. The van der Waals surface area contributed by atoms with Gasteiger partial charge in [-0.25, -0.2) is 0 Å². The van der Waals surface area contributed by atoms with E-state index in [0.717, 1.165) is 12.8 Å². The topological polar surface area (TPSA) is 86.7 Å². The zero-order valence-electron chi connectivity index (χ0n) is 22.7. The Morgan fingerprint density at radius 1 is 0.706 bits per heavy atom. The quantitative estimate of drug-likeness (QED) is 0.672. The number of nitrogens with zero attached hydrogens (tertiary/aromatic N) is 2. The molecular formula is C28H42N2O4-2. The number of hydrogen-bond donors (Lipinski definition) is 0. The van der Waals surface area contributed by atoms with Crippen LogP contribution in [0.4, 0.5) is 0 Å². The summed E-state index contributed by atoms with van der Waals surface area (Å²) in [7, 11) is 4.19. The molecule has 0 unspecified atom stereocenters. The molecule has 34 heavy (non-hydrogen) atoms. The van der Waals surface area contributed by atoms with Gasteiger partial charge in [-0.2, -0.15) is 0 Å². The highest BCUT2D eigenvalue weighted by Gasteiger charge is 2.47. The fourth-order valence-corrected chi connectivity index (χ4v) is 6.97. The van der Waals surface area contributed by atoms with Crippen molar-refractivity contribution in [1.29, 1.82) is 0 Å². The predicted octanol–water partition coefficient (Wildman–Crippen LogP) is 3.15. The van der Waals surface area contributed by atoms with Crippen LogP contribution in [-0.4, -0.2) is 58.0 Å². The van der Waals surface area contributed by atoms with E-state index in [9.17, 15) is 19.8 Å². The molecule has 1 aromatic carbocycles. The average molecular weight is 471 g/mol. The molecule has 2 fully saturated rings. The van der Waals surface area contributed by atoms with Crippen LogP contribution >= 0.6 is 0 Å². The molecule has 0 aliphatic carbocycles. The Hall–Kier alpha value is -1.92. The van der Waals surface area contributed by atoms with Crippen molar-refractivity contribution in [2.75, 3.05) is 14.1 Å². The zero-order valence-corrected chi connectivity index (χ0v) is 22.7. The molecule has 2 heterocycles. The van der Waals surface area contributed by atoms with Gasteiger partial charge in [0.05, 0.1) is 11.9 Å². The van der Waals surface area contributed by atoms with Gasteiger partial charge in [0, 0.05) is 33.3 Å². The van der Waals surface area contributed by atoms with Gasteiger partial charge in [-0.05, 0) is 118 Å². The Labute approximate surface area is 205 Å². The first kappa shape index (κ1) is 26.7. The maximum Gasteiger partial charge on any atom is 0.0721 e. The fourth-order valence-electron chi connectivity index (χ4n) is 6.97. The minimum Gasteiger partial charge on any atom is -0.545 e. The van der Waals surface area contributed by atoms with Crippen molar-refractivity contribution in [2.24, 2.45) is 0 Å². The number of piperidine rings is 2. The third-order valence-electron chi connectivity index (χ3n) is 9.17. The van der Waals surface area contributed by atoms with Gasteiger partial charge in [0.15, 0.2) is 0 Å². The molecule has 0 aromatic heterocycles. The molecule has 0 N–H and O–H groups in total. The summed E-state index contributed by atoms with van der Waals surface area (Å²) < 4.78 is 0. The Kier molecular flexibility index (Phi) is 6.54. The van der Waals surface area contributed by atoms with E-state index < -0.39 is 11.9 Å². The number of hydrogen-bond acceptors (Lipinski definition) is 6. The maximum absolute atomic E-state index is 12.7. The molecule has 190 valence electrons. The monoisotopic (exact) mass is 470 g/mol. The van der Waals surface area contributed by atoms with E-state index in [1.54, 1.807) is 12.1 Å². The van der Waals surface area contributed by atoms with Crippen molar-refractivity contribution >= 4 is 11.9 Å². The van der Waals surface area contributed by atoms with Crippen LogP contribution in [0.25, 0.3) is 0 Å². The second kappa shape index (κ2) is 8.34. The third-order valence-corrected chi connectivity index (χ3v) is 9.17. The Morgan fingerprint density at radius 2 is 1.09 bits per heavy atom. The SMILES string of the molecule is CN1C(C)(C)CC(c2ccc(C(=O)[O-])c(C3CC(C)(C)N(C)C(C)(C)C3)c2C(=O)[O-])CC1(C)C. The van der Waals surface area contributed by atoms with E-state index in [-0.39, 0.29) is 45.1 Å². The van der Waals surface area contributed by atoms with Crippen molar-refractivity contribution in [2.45, 2.75) is 115 Å². The molecular weight excluding hydrogens is 428 g/mol. The molecule has 0 radical (unpaired) electrons. The summed E-state index contributed by atoms with van der Waals surface area (Å²) >= 11 is 0. The molecule has 0 atom stereocenters. The first-order valence-corrected chi connectivity index (χ1v) is 12.4. The molecule has 1 aromatic rings. The maximum atomic E-state index is 12.7. The third kappa shape index (κ3) is 4.51. The lowest BCUT2D eigenvalue weighted by Gasteiger charge is -2.55. The second-order valence-electron chi connectivity index (χ2n) is 13.1. The van der Waals surface area contributed by atoms with Crippen molar-refractivity contribution in [1.82, 2.24) is 9.80 Å². The summed E-state index contributed by atoms with van der Waals surface area (Å²) in [5.41, 5.74) is 0.406. The van der Waals surface area contributed by atoms with Crippen molar-refractivity contribution in [3.05, 3.63) is 34.4 Å². The van der Waals surface area contributed by atoms with Crippen LogP contribution in [0, 0.1) is 0 Å². The first-order valence-electron chi connectivity index (χ1n) is 12.4. The highest BCUT2D eigenvalue weighted by Crippen LogP contribution is 2.50. The Morgan fingerprint density at radius 3 is 1.44 bits per heavy atom. The van der Waals surface area contributed by atoms with Gasteiger partial charge in [0.25, 0.3) is 0 Å². The summed E-state index contributed by atoms with van der Waals surface area (Å²) in [5.74, 6) is -2.87. The number of aromatic carboxylic acids is 2. The summed E-state index contributed by atoms with van der Waals surface area (Å²) in [5, 5.41) is 25.0. The van der Waals surface area contributed by atoms with Gasteiger partial charge < -0.3 is 19.8 Å². The molecule has 2 aliphatic rings. The van der Waals surface area contributed by atoms with Gasteiger partial charge in [0.1, 0.15) is 0 Å². The molecule has 6 nitrogen and oxygen atoms in total. The van der Waals surface area contributed by atoms with E-state index in [0.29, 0.717) is 24.0 Å². The molecule has 2 saturated heterocycles. The van der Waals surface area contributed by atoms with Crippen LogP contribution < -0.4 is 10.2 Å². The lowest BCUT2D eigenvalue weighted by atomic mass is 9.67. The lowest BCUT2D eigenvalue weighted by molar-refractivity contribution is -0.255. The van der Waals surface area contributed by atoms with E-state index in [2.05, 4.69) is 79.3 Å². The molecule has 2 aliphatic heterocycles. The average Bonchev–Trinajstić information content (AvgIpc) is 2.67. The summed E-state index contributed by atoms with van der Waals surface area (Å²) in [4.78, 5) is 29.6. The predicted molar refractivity (Wildman–Crippen MR) is 131 cm³/mol. The summed E-state index contributed by atoms with van der Waals surface area (Å²) in [6.45, 7) is 17.2. The number of carbonyl (C=O) groups is 2. The highest BCUT2D eigenvalue weighted by molar-refractivity contribution is 5.97. The number of carbonyl (C=O) groups excluding carboxylic acids is 2. The summed E-state index contributed by atoms with van der Waals surface area (Å²) in [6.07, 6.45) is 2.87. The van der Waals surface area contributed by atoms with Crippen LogP contribution in [0.5, 0.6) is 0 Å². The fraction of sp³-hybridized carbons (Fsp3) is 0.714. The Balaban J connectivity index is 2.24. The summed E-state index contributed by atoms with van der Waals surface area (Å²) in [6, 6.07) is 3.27. The molecule has 0 bridgehead atoms. The smallest absolute Gasteiger partial charge is 0.0721 e. The minimum absolute atomic E-state index is 0.0176. The first-order chi connectivity index (χ1) is 15.3. The van der Waals surface area contributed by atoms with Crippen molar-refractivity contribution in [3.63, 3.8) is 0 Å². The van der Waals surface area contributed by atoms with Gasteiger partial charge in [-0.15, -0.1) is 0 Å². The largest absolute Gasteiger partial charge is 0.545 e. The number of benzene rings is 1. The Bertz CT molecular complexity index is 956. The van der Waals surface area contributed by atoms with Crippen LogP contribution in [0.3, 0.4) is 0 Å². The lowest BCUT2D eigenvalue weighted by Crippen LogP contribution is -2.58. The van der Waals surface area contributed by atoms with E-state index >= 15 is 0 Å². The van der Waals surface area contributed by atoms with Gasteiger partial charge in [-0.1, -0.05) is 12.1 Å². The van der Waals surface area contributed by atoms with E-state index in [1.807, 2.05) is 0 Å². The van der Waals surface area contributed by atoms with Gasteiger partial charge >= 0.3 is 0 Å². The normalized spacial score (nSPS) is 25.2. The number of likely N-dealkylation sites (tertiary alicyclic amines) is 2. The molecule has 0 spiro atoms. The van der Waals surface area contributed by atoms with Crippen LogP contribution in [0.1, 0.15) is 125 Å². The van der Waals surface area contributed by atoms with E-state index in [1.165, 1.54) is 0 Å². The number of carboxylic acids is 2. The standard InChI is InChI=1S/C28H44N2O4/c1-25(2)13-17(14-26(3,4)29(25)9)19-11-12-20(23(31)32)21(22(19)24(33)34)18-15-27(5,6)30(10)28(7,8)16-18/h11-12,17-18H,13-16H2,1-10H3,(H,31,32)(H,33,34)/p-2. The van der Waals surface area contributed by atoms with Crippen LogP contribution in [0.15, 0.2) is 12.1 Å².